The number of rotatable bonds is 5. The number of ether oxygens (including phenoxy) is 1. The van der Waals surface area contributed by atoms with Crippen molar-refractivity contribution in [3.63, 3.8) is 0 Å². The number of hydrazine groups is 1. The van der Waals surface area contributed by atoms with Gasteiger partial charge in [-0.15, -0.1) is 0 Å². The lowest BCUT2D eigenvalue weighted by molar-refractivity contribution is -0.149. The monoisotopic (exact) mass is 412 g/mol. The standard InChI is InChI=1S/C17H21BrN2O5/c1-10-6-7-14(13(18)8-10)25-9-15(21)19-20-16(22)11-4-2-3-5-12(11)17(23)24/h6-8,11-12H,2-5,9H2,1H3,(H,19,21)(H,20,22)(H,23,24)/t11?,12-/m0/s1. The summed E-state index contributed by atoms with van der Waals surface area (Å²) in [6.07, 6.45) is 2.59. The van der Waals surface area contributed by atoms with Crippen LogP contribution in [0.4, 0.5) is 0 Å². The number of hydrogen-bond acceptors (Lipinski definition) is 4. The topological polar surface area (TPSA) is 105 Å². The molecule has 1 aromatic rings. The number of carboxylic acid groups (broad SMARTS) is 1. The van der Waals surface area contributed by atoms with E-state index in [4.69, 9.17) is 4.74 Å². The first kappa shape index (κ1) is 19.2. The lowest BCUT2D eigenvalue weighted by atomic mass is 9.79. The van der Waals surface area contributed by atoms with E-state index < -0.39 is 29.6 Å². The third kappa shape index (κ3) is 5.45. The van der Waals surface area contributed by atoms with Gasteiger partial charge >= 0.3 is 5.97 Å². The van der Waals surface area contributed by atoms with Crippen molar-refractivity contribution in [2.45, 2.75) is 32.6 Å². The number of benzene rings is 1. The predicted octanol–water partition coefficient (Wildman–Crippen LogP) is 2.17. The van der Waals surface area contributed by atoms with Crippen molar-refractivity contribution < 1.29 is 24.2 Å². The molecular formula is C17H21BrN2O5. The smallest absolute Gasteiger partial charge is 0.307 e. The van der Waals surface area contributed by atoms with Crippen LogP contribution in [0.2, 0.25) is 0 Å². The fraction of sp³-hybridized carbons (Fsp3) is 0.471. The van der Waals surface area contributed by atoms with Crippen LogP contribution < -0.4 is 15.6 Å². The fourth-order valence-electron chi connectivity index (χ4n) is 2.87. The van der Waals surface area contributed by atoms with E-state index >= 15 is 0 Å². The predicted molar refractivity (Wildman–Crippen MR) is 93.7 cm³/mol. The molecule has 2 rings (SSSR count). The van der Waals surface area contributed by atoms with Gasteiger partial charge in [-0.3, -0.25) is 25.2 Å². The van der Waals surface area contributed by atoms with Crippen LogP contribution in [0.3, 0.4) is 0 Å². The van der Waals surface area contributed by atoms with Crippen LogP contribution in [0.5, 0.6) is 5.75 Å². The Hall–Kier alpha value is -2.09. The molecule has 136 valence electrons. The van der Waals surface area contributed by atoms with Gasteiger partial charge in [0.25, 0.3) is 5.91 Å². The third-order valence-corrected chi connectivity index (χ3v) is 4.81. The molecule has 1 aliphatic carbocycles. The van der Waals surface area contributed by atoms with E-state index in [0.29, 0.717) is 18.6 Å². The number of halogens is 1. The number of aliphatic carboxylic acids is 1. The van der Waals surface area contributed by atoms with Gasteiger partial charge in [0.05, 0.1) is 16.3 Å². The molecule has 0 aromatic heterocycles. The summed E-state index contributed by atoms with van der Waals surface area (Å²) in [5, 5.41) is 9.20. The molecule has 8 heteroatoms. The molecule has 1 aromatic carbocycles. The van der Waals surface area contributed by atoms with Gasteiger partial charge in [-0.1, -0.05) is 18.9 Å². The molecule has 7 nitrogen and oxygen atoms in total. The number of carbonyl (C=O) groups excluding carboxylic acids is 2. The van der Waals surface area contributed by atoms with Crippen LogP contribution in [0.1, 0.15) is 31.2 Å². The summed E-state index contributed by atoms with van der Waals surface area (Å²) >= 11 is 3.35. The molecule has 1 aliphatic rings. The Bertz CT molecular complexity index is 664. The first-order valence-electron chi connectivity index (χ1n) is 8.09. The van der Waals surface area contributed by atoms with E-state index in [2.05, 4.69) is 26.8 Å². The van der Waals surface area contributed by atoms with Crippen LogP contribution in [0, 0.1) is 18.8 Å². The summed E-state index contributed by atoms with van der Waals surface area (Å²) in [6, 6.07) is 5.46. The second kappa shape index (κ2) is 8.84. The second-order valence-electron chi connectivity index (χ2n) is 6.10. The number of hydrogen-bond donors (Lipinski definition) is 3. The van der Waals surface area contributed by atoms with Crippen molar-refractivity contribution in [2.24, 2.45) is 11.8 Å². The molecule has 2 atom stereocenters. The first-order valence-corrected chi connectivity index (χ1v) is 8.88. The van der Waals surface area contributed by atoms with Crippen molar-refractivity contribution in [2.75, 3.05) is 6.61 Å². The minimum absolute atomic E-state index is 0.269. The lowest BCUT2D eigenvalue weighted by Gasteiger charge is -2.27. The van der Waals surface area contributed by atoms with Crippen LogP contribution in [-0.4, -0.2) is 29.5 Å². The van der Waals surface area contributed by atoms with Gasteiger partial charge in [-0.25, -0.2) is 0 Å². The molecule has 0 spiro atoms. The highest BCUT2D eigenvalue weighted by atomic mass is 79.9. The number of amides is 2. The van der Waals surface area contributed by atoms with Gasteiger partial charge in [-0.05, 0) is 53.4 Å². The molecule has 0 radical (unpaired) electrons. The molecule has 3 N–H and O–H groups in total. The summed E-state index contributed by atoms with van der Waals surface area (Å²) in [4.78, 5) is 35.2. The first-order chi connectivity index (χ1) is 11.9. The van der Waals surface area contributed by atoms with Gasteiger partial charge in [0, 0.05) is 0 Å². The van der Waals surface area contributed by atoms with E-state index in [1.54, 1.807) is 6.07 Å². The molecule has 1 saturated carbocycles. The molecular weight excluding hydrogens is 392 g/mol. The summed E-state index contributed by atoms with van der Waals surface area (Å²) < 4.78 is 6.12. The lowest BCUT2D eigenvalue weighted by Crippen LogP contribution is -2.49. The highest BCUT2D eigenvalue weighted by molar-refractivity contribution is 9.10. The zero-order chi connectivity index (χ0) is 18.4. The van der Waals surface area contributed by atoms with Gasteiger partial charge < -0.3 is 9.84 Å². The summed E-state index contributed by atoms with van der Waals surface area (Å²) in [5.74, 6) is -2.78. The van der Waals surface area contributed by atoms with E-state index in [9.17, 15) is 19.5 Å². The van der Waals surface area contributed by atoms with Crippen LogP contribution >= 0.6 is 15.9 Å². The SMILES string of the molecule is Cc1ccc(OCC(=O)NNC(=O)C2CCCC[C@@H]2C(=O)O)c(Br)c1. The number of aryl methyl sites for hydroxylation is 1. The maximum absolute atomic E-state index is 12.1. The quantitative estimate of drug-likeness (QED) is 0.642. The molecule has 2 amide bonds. The van der Waals surface area contributed by atoms with Crippen molar-refractivity contribution in [3.05, 3.63) is 28.2 Å². The zero-order valence-electron chi connectivity index (χ0n) is 13.9. The van der Waals surface area contributed by atoms with E-state index in [0.717, 1.165) is 22.9 Å². The highest BCUT2D eigenvalue weighted by Crippen LogP contribution is 2.30. The maximum atomic E-state index is 12.1. The molecule has 0 heterocycles. The largest absolute Gasteiger partial charge is 0.483 e. The minimum atomic E-state index is -0.973. The minimum Gasteiger partial charge on any atom is -0.483 e. The molecule has 0 aliphatic heterocycles. The van der Waals surface area contributed by atoms with E-state index in [1.807, 2.05) is 19.1 Å². The third-order valence-electron chi connectivity index (χ3n) is 4.19. The Labute approximate surface area is 154 Å². The average Bonchev–Trinajstić information content (AvgIpc) is 2.58. The van der Waals surface area contributed by atoms with Crippen molar-refractivity contribution in [1.82, 2.24) is 10.9 Å². The molecule has 0 saturated heterocycles. The highest BCUT2D eigenvalue weighted by Gasteiger charge is 2.35. The number of nitrogens with one attached hydrogen (secondary N) is 2. The van der Waals surface area contributed by atoms with Crippen LogP contribution in [-0.2, 0) is 14.4 Å². The van der Waals surface area contributed by atoms with Gasteiger partial charge in [0.2, 0.25) is 5.91 Å². The van der Waals surface area contributed by atoms with E-state index in [1.165, 1.54) is 0 Å². The zero-order valence-corrected chi connectivity index (χ0v) is 15.5. The number of carboxylic acids is 1. The van der Waals surface area contributed by atoms with Gasteiger partial charge in [-0.2, -0.15) is 0 Å². The molecule has 1 unspecified atom stereocenters. The summed E-state index contributed by atoms with van der Waals surface area (Å²) in [7, 11) is 0. The Morgan fingerprint density at radius 1 is 1.20 bits per heavy atom. The Morgan fingerprint density at radius 3 is 2.52 bits per heavy atom. The second-order valence-corrected chi connectivity index (χ2v) is 6.95. The summed E-state index contributed by atoms with van der Waals surface area (Å²) in [5.41, 5.74) is 5.62. The molecule has 0 bridgehead atoms. The Kier molecular flexibility index (Phi) is 6.81. The van der Waals surface area contributed by atoms with Gasteiger partial charge in [0.15, 0.2) is 6.61 Å². The van der Waals surface area contributed by atoms with E-state index in [-0.39, 0.29) is 6.61 Å². The van der Waals surface area contributed by atoms with Crippen molar-refractivity contribution in [3.8, 4) is 5.75 Å². The Balaban J connectivity index is 1.80. The molecule has 1 fully saturated rings. The fourth-order valence-corrected chi connectivity index (χ4v) is 3.47. The van der Waals surface area contributed by atoms with Crippen LogP contribution in [0.15, 0.2) is 22.7 Å². The number of carbonyl (C=O) groups is 3. The van der Waals surface area contributed by atoms with Gasteiger partial charge in [0.1, 0.15) is 5.75 Å². The summed E-state index contributed by atoms with van der Waals surface area (Å²) in [6.45, 7) is 1.67. The molecule has 25 heavy (non-hydrogen) atoms. The Morgan fingerprint density at radius 2 is 1.88 bits per heavy atom. The average molecular weight is 413 g/mol. The van der Waals surface area contributed by atoms with Crippen LogP contribution in [0.25, 0.3) is 0 Å². The van der Waals surface area contributed by atoms with Crippen molar-refractivity contribution in [1.29, 1.82) is 0 Å². The van der Waals surface area contributed by atoms with Crippen molar-refractivity contribution >= 4 is 33.7 Å². The maximum Gasteiger partial charge on any atom is 0.307 e. The normalized spacial score (nSPS) is 19.8.